The van der Waals surface area contributed by atoms with Crippen LogP contribution < -0.4 is 21.3 Å². The average Bonchev–Trinajstić information content (AvgIpc) is 3.80. The van der Waals surface area contributed by atoms with Crippen LogP contribution in [0.1, 0.15) is 65.1 Å². The maximum atomic E-state index is 14.1. The minimum Gasteiger partial charge on any atom is -0.354 e. The molecule has 2 atom stereocenters. The summed E-state index contributed by atoms with van der Waals surface area (Å²) in [6, 6.07) is 12.7. The quantitative estimate of drug-likeness (QED) is 0.215. The molecule has 0 saturated heterocycles. The molecule has 3 aromatic heterocycles. The van der Waals surface area contributed by atoms with E-state index in [0.29, 0.717) is 47.3 Å². The van der Waals surface area contributed by atoms with Gasteiger partial charge in [-0.2, -0.15) is 0 Å². The lowest BCUT2D eigenvalue weighted by atomic mass is 10.0. The van der Waals surface area contributed by atoms with E-state index in [9.17, 15) is 24.0 Å². The number of nitrogens with zero attached hydrogens (tertiary/aromatic N) is 5. The van der Waals surface area contributed by atoms with Crippen LogP contribution in [0.25, 0.3) is 16.0 Å². The molecule has 53 heavy (non-hydrogen) atoms. The van der Waals surface area contributed by atoms with Gasteiger partial charge in [0.2, 0.25) is 17.7 Å². The van der Waals surface area contributed by atoms with Crippen LogP contribution in [0.2, 0.25) is 0 Å². The van der Waals surface area contributed by atoms with Gasteiger partial charge in [0.25, 0.3) is 11.8 Å². The molecule has 2 aromatic carbocycles. The fourth-order valence-electron chi connectivity index (χ4n) is 6.50. The topological polar surface area (TPSA) is 172 Å². The Labute approximate surface area is 311 Å². The number of carbonyl (C=O) groups is 5. The third-order valence-electron chi connectivity index (χ3n) is 9.15. The van der Waals surface area contributed by atoms with Crippen molar-refractivity contribution in [2.75, 3.05) is 26.2 Å². The fraction of sp³-hybridized carbons (Fsp3) is 0.395. The van der Waals surface area contributed by atoms with Crippen LogP contribution in [-0.2, 0) is 33.8 Å². The highest BCUT2D eigenvalue weighted by Crippen LogP contribution is 2.22. The first kappa shape index (κ1) is 37.2. The van der Waals surface area contributed by atoms with Crippen molar-refractivity contribution in [3.63, 3.8) is 0 Å². The van der Waals surface area contributed by atoms with Crippen molar-refractivity contribution in [1.82, 2.24) is 45.1 Å². The molecule has 1 aliphatic rings. The van der Waals surface area contributed by atoms with Crippen LogP contribution in [-0.4, -0.2) is 91.6 Å². The van der Waals surface area contributed by atoms with E-state index in [1.807, 2.05) is 47.8 Å². The highest BCUT2D eigenvalue weighted by molar-refractivity contribution is 7.15. The van der Waals surface area contributed by atoms with Gasteiger partial charge in [-0.1, -0.05) is 44.2 Å². The maximum Gasteiger partial charge on any atom is 0.273 e. The molecule has 0 fully saturated rings. The molecule has 5 aromatic rings. The number of thiazole rings is 1. The molecule has 278 valence electrons. The number of rotatable bonds is 5. The Kier molecular flexibility index (Phi) is 11.5. The summed E-state index contributed by atoms with van der Waals surface area (Å²) in [5, 5.41) is 13.2. The van der Waals surface area contributed by atoms with Crippen molar-refractivity contribution in [2.45, 2.75) is 65.6 Å². The van der Waals surface area contributed by atoms with Gasteiger partial charge in [0.1, 0.15) is 23.6 Å². The molecule has 1 aliphatic heterocycles. The number of aryl methyl sites for hydroxylation is 2. The Balaban J connectivity index is 1.32. The molecule has 4 heterocycles. The molecular formula is C38H45N9O5S. The third kappa shape index (κ3) is 8.74. The number of fused-ring (bicyclic) bond motifs is 2. The predicted molar refractivity (Wildman–Crippen MR) is 202 cm³/mol. The normalized spacial score (nSPS) is 18.5. The number of carbonyl (C=O) groups excluding carboxylic acids is 5. The van der Waals surface area contributed by atoms with Gasteiger partial charge in [-0.15, -0.1) is 11.3 Å². The summed E-state index contributed by atoms with van der Waals surface area (Å²) < 4.78 is 3.78. The number of benzene rings is 2. The Hall–Kier alpha value is -5.57. The van der Waals surface area contributed by atoms with E-state index >= 15 is 0 Å². The van der Waals surface area contributed by atoms with E-state index in [1.54, 1.807) is 30.5 Å². The molecule has 2 bridgehead atoms. The molecule has 15 heteroatoms. The van der Waals surface area contributed by atoms with Crippen molar-refractivity contribution in [2.24, 2.45) is 5.92 Å². The van der Waals surface area contributed by atoms with E-state index in [4.69, 9.17) is 4.98 Å². The van der Waals surface area contributed by atoms with Gasteiger partial charge in [-0.3, -0.25) is 28.4 Å². The number of nitrogens with one attached hydrogen (secondary N) is 4. The molecule has 14 nitrogen and oxygen atoms in total. The summed E-state index contributed by atoms with van der Waals surface area (Å²) in [5.74, 6) is -1.03. The number of amides is 5. The minimum atomic E-state index is -1.04. The zero-order valence-corrected chi connectivity index (χ0v) is 31.2. The van der Waals surface area contributed by atoms with Gasteiger partial charge in [-0.25, -0.2) is 9.97 Å². The molecular weight excluding hydrogens is 695 g/mol. The molecule has 0 unspecified atom stereocenters. The van der Waals surface area contributed by atoms with Crippen LogP contribution in [0.4, 0.5) is 0 Å². The van der Waals surface area contributed by atoms with Gasteiger partial charge in [0, 0.05) is 56.2 Å². The summed E-state index contributed by atoms with van der Waals surface area (Å²) in [6.07, 6.45) is 3.23. The molecule has 5 amide bonds. The van der Waals surface area contributed by atoms with Gasteiger partial charge < -0.3 is 30.7 Å². The second-order valence-electron chi connectivity index (χ2n) is 13.7. The lowest BCUT2D eigenvalue weighted by Gasteiger charge is -2.25. The van der Waals surface area contributed by atoms with E-state index in [-0.39, 0.29) is 31.3 Å². The summed E-state index contributed by atoms with van der Waals surface area (Å²) in [7, 11) is 0. The standard InChI is InChI=1S/C38H45N9O5S/c1-23(2)19-31-43-28-12-11-27-21-30(28)46(31)15-8-13-39-34(49)25(4)41-36(51)29(20-26-9-6-5-7-10-26)44-32(48)22-45(16-14-40-35(27)50)37(52)33-24(3)42-38-47(33)17-18-53-38/h5-7,9-12,17-18,21,23,25,29H,8,13-16,19-20,22H2,1-4H3,(H,39,49)(H,40,50)(H,41,51)(H,44,48)/t25-,29+/m1/s1. The second-order valence-corrected chi connectivity index (χ2v) is 14.6. The number of hydrogen-bond donors (Lipinski definition) is 4. The first-order chi connectivity index (χ1) is 25.5. The average molecular weight is 740 g/mol. The Bertz CT molecular complexity index is 2140. The fourth-order valence-corrected chi connectivity index (χ4v) is 7.26. The summed E-state index contributed by atoms with van der Waals surface area (Å²) in [6.45, 7) is 8.12. The van der Waals surface area contributed by atoms with Crippen LogP contribution in [0.5, 0.6) is 0 Å². The number of hydrogen-bond acceptors (Lipinski definition) is 8. The van der Waals surface area contributed by atoms with Crippen molar-refractivity contribution in [3.05, 3.63) is 88.4 Å². The first-order valence-electron chi connectivity index (χ1n) is 17.9. The third-order valence-corrected chi connectivity index (χ3v) is 9.91. The smallest absolute Gasteiger partial charge is 0.273 e. The maximum absolute atomic E-state index is 14.1. The van der Waals surface area contributed by atoms with Gasteiger partial charge in [0.15, 0.2) is 4.96 Å². The molecule has 0 radical (unpaired) electrons. The molecule has 6 rings (SSSR count). The zero-order chi connectivity index (χ0) is 37.6. The molecule has 4 N–H and O–H groups in total. The van der Waals surface area contributed by atoms with Crippen molar-refractivity contribution < 1.29 is 24.0 Å². The van der Waals surface area contributed by atoms with Crippen molar-refractivity contribution >= 4 is 56.9 Å². The van der Waals surface area contributed by atoms with E-state index < -0.39 is 36.3 Å². The molecule has 0 saturated carbocycles. The van der Waals surface area contributed by atoms with Gasteiger partial charge >= 0.3 is 0 Å². The Morgan fingerprint density at radius 3 is 2.53 bits per heavy atom. The summed E-state index contributed by atoms with van der Waals surface area (Å²) in [5.41, 5.74) is 3.61. The summed E-state index contributed by atoms with van der Waals surface area (Å²) >= 11 is 1.38. The van der Waals surface area contributed by atoms with Gasteiger partial charge in [0.05, 0.1) is 23.3 Å². The van der Waals surface area contributed by atoms with Crippen molar-refractivity contribution in [1.29, 1.82) is 0 Å². The lowest BCUT2D eigenvalue weighted by Crippen LogP contribution is -2.55. The van der Waals surface area contributed by atoms with E-state index in [2.05, 4.69) is 44.7 Å². The predicted octanol–water partition coefficient (Wildman–Crippen LogP) is 2.88. The van der Waals surface area contributed by atoms with Crippen LogP contribution in [0, 0.1) is 12.8 Å². The van der Waals surface area contributed by atoms with Crippen LogP contribution >= 0.6 is 11.3 Å². The first-order valence-corrected chi connectivity index (χ1v) is 18.8. The molecule has 0 aliphatic carbocycles. The minimum absolute atomic E-state index is 0.000269. The van der Waals surface area contributed by atoms with Crippen LogP contribution in [0.3, 0.4) is 0 Å². The SMILES string of the molecule is Cc1nc2sccn2c1C(=O)N1CCNC(=O)c2ccc3nc(CC(C)C)n(c3c2)CCCNC(=O)[C@@H](C)NC(=O)[C@H](Cc2ccccc2)NC(=O)C1. The second kappa shape index (κ2) is 16.4. The lowest BCUT2D eigenvalue weighted by molar-refractivity contribution is -0.132. The summed E-state index contributed by atoms with van der Waals surface area (Å²) in [4.78, 5) is 79.5. The zero-order valence-electron chi connectivity index (χ0n) is 30.3. The monoisotopic (exact) mass is 739 g/mol. The molecule has 0 spiro atoms. The highest BCUT2D eigenvalue weighted by atomic mass is 32.1. The number of imidazole rings is 2. The Morgan fingerprint density at radius 1 is 0.962 bits per heavy atom. The largest absolute Gasteiger partial charge is 0.354 e. The number of aromatic nitrogens is 4. The Morgan fingerprint density at radius 2 is 1.75 bits per heavy atom. The van der Waals surface area contributed by atoms with Crippen LogP contribution in [0.15, 0.2) is 60.1 Å². The highest BCUT2D eigenvalue weighted by Gasteiger charge is 2.29. The van der Waals surface area contributed by atoms with Gasteiger partial charge in [-0.05, 0) is 49.9 Å². The van der Waals surface area contributed by atoms with Crippen molar-refractivity contribution in [3.8, 4) is 0 Å². The van der Waals surface area contributed by atoms with E-state index in [0.717, 1.165) is 28.8 Å². The van der Waals surface area contributed by atoms with E-state index in [1.165, 1.54) is 16.2 Å².